The molecule has 0 bridgehead atoms. The molecule has 0 aromatic carbocycles. The van der Waals surface area contributed by atoms with Gasteiger partial charge in [0.15, 0.2) is 5.82 Å². The van der Waals surface area contributed by atoms with E-state index in [1.165, 1.54) is 4.90 Å². The van der Waals surface area contributed by atoms with E-state index >= 15 is 0 Å². The molecule has 1 aromatic heterocycles. The molecule has 1 saturated heterocycles. The summed E-state index contributed by atoms with van der Waals surface area (Å²) >= 11 is 0. The summed E-state index contributed by atoms with van der Waals surface area (Å²) in [4.78, 5) is 12.7. The zero-order valence-electron chi connectivity index (χ0n) is 13.4. The minimum atomic E-state index is -4.55. The van der Waals surface area contributed by atoms with E-state index in [9.17, 15) is 23.2 Å². The first-order valence-electron chi connectivity index (χ1n) is 7.64. The van der Waals surface area contributed by atoms with E-state index in [1.54, 1.807) is 0 Å². The number of primary amides is 1. The van der Waals surface area contributed by atoms with E-state index in [1.807, 2.05) is 19.9 Å². The molecule has 1 aliphatic heterocycles. The van der Waals surface area contributed by atoms with Crippen molar-refractivity contribution in [2.45, 2.75) is 32.9 Å². The van der Waals surface area contributed by atoms with Crippen LogP contribution in [-0.4, -0.2) is 35.4 Å². The second kappa shape index (κ2) is 6.63. The number of alkyl halides is 3. The van der Waals surface area contributed by atoms with E-state index in [4.69, 9.17) is 5.73 Å². The van der Waals surface area contributed by atoms with Crippen molar-refractivity contribution in [1.29, 1.82) is 5.26 Å². The molecule has 24 heavy (non-hydrogen) atoms. The number of anilines is 1. The number of carbonyl (C=O) groups excluding carboxylic acids is 1. The van der Waals surface area contributed by atoms with Crippen LogP contribution in [-0.2, 0) is 17.6 Å². The molecule has 0 spiro atoms. The summed E-state index contributed by atoms with van der Waals surface area (Å²) in [7, 11) is 0. The Morgan fingerprint density at radius 3 is 2.42 bits per heavy atom. The SMILES string of the molecule is CCc1nnc(N2C[C@@H](C(F)(F)F)[C@H](C(N)=O)C2)c(C#N)c1CC. The number of hydrogen-bond donors (Lipinski definition) is 1. The quantitative estimate of drug-likeness (QED) is 0.897. The Kier molecular flexibility index (Phi) is 4.96. The molecule has 9 heteroatoms. The zero-order chi connectivity index (χ0) is 18.1. The van der Waals surface area contributed by atoms with Crippen LogP contribution in [0, 0.1) is 23.2 Å². The predicted molar refractivity (Wildman–Crippen MR) is 79.9 cm³/mol. The molecule has 0 unspecified atom stereocenters. The van der Waals surface area contributed by atoms with E-state index in [2.05, 4.69) is 10.2 Å². The summed E-state index contributed by atoms with van der Waals surface area (Å²) < 4.78 is 39.5. The van der Waals surface area contributed by atoms with Crippen LogP contribution in [0.4, 0.5) is 19.0 Å². The second-order valence-electron chi connectivity index (χ2n) is 5.70. The first kappa shape index (κ1) is 18.0. The average Bonchev–Trinajstić information content (AvgIpc) is 2.98. The molecule has 2 N–H and O–H groups in total. The molecule has 0 radical (unpaired) electrons. The highest BCUT2D eigenvalue weighted by Gasteiger charge is 2.52. The van der Waals surface area contributed by atoms with Crippen LogP contribution in [0.2, 0.25) is 0 Å². The van der Waals surface area contributed by atoms with Gasteiger partial charge in [-0.2, -0.15) is 23.5 Å². The molecular weight excluding hydrogens is 323 g/mol. The number of aryl methyl sites for hydroxylation is 1. The van der Waals surface area contributed by atoms with Gasteiger partial charge >= 0.3 is 6.18 Å². The van der Waals surface area contributed by atoms with Crippen molar-refractivity contribution >= 4 is 11.7 Å². The van der Waals surface area contributed by atoms with E-state index in [0.717, 1.165) is 0 Å². The van der Waals surface area contributed by atoms with Gasteiger partial charge in [0.2, 0.25) is 5.91 Å². The van der Waals surface area contributed by atoms with Crippen molar-refractivity contribution in [2.24, 2.45) is 17.6 Å². The summed E-state index contributed by atoms with van der Waals surface area (Å²) in [5.74, 6) is -4.16. The van der Waals surface area contributed by atoms with E-state index < -0.39 is 30.5 Å². The van der Waals surface area contributed by atoms with Crippen LogP contribution in [0.25, 0.3) is 0 Å². The highest BCUT2D eigenvalue weighted by Crippen LogP contribution is 2.39. The molecule has 1 aliphatic rings. The summed E-state index contributed by atoms with van der Waals surface area (Å²) in [5.41, 5.74) is 6.67. The smallest absolute Gasteiger partial charge is 0.369 e. The Morgan fingerprint density at radius 2 is 2.00 bits per heavy atom. The van der Waals surface area contributed by atoms with Crippen molar-refractivity contribution < 1.29 is 18.0 Å². The van der Waals surface area contributed by atoms with Crippen molar-refractivity contribution in [1.82, 2.24) is 10.2 Å². The van der Waals surface area contributed by atoms with Crippen LogP contribution >= 0.6 is 0 Å². The number of aromatic nitrogens is 2. The van der Waals surface area contributed by atoms with Gasteiger partial charge in [-0.25, -0.2) is 0 Å². The van der Waals surface area contributed by atoms with Crippen molar-refractivity contribution in [3.63, 3.8) is 0 Å². The molecule has 1 amide bonds. The first-order chi connectivity index (χ1) is 11.2. The summed E-state index contributed by atoms with van der Waals surface area (Å²) in [6.45, 7) is 3.02. The zero-order valence-corrected chi connectivity index (χ0v) is 13.4. The lowest BCUT2D eigenvalue weighted by Crippen LogP contribution is -2.37. The minimum absolute atomic E-state index is 0.0875. The molecule has 2 rings (SSSR count). The fraction of sp³-hybridized carbons (Fsp3) is 0.600. The van der Waals surface area contributed by atoms with Crippen LogP contribution in [0.1, 0.15) is 30.7 Å². The summed E-state index contributed by atoms with van der Waals surface area (Å²) in [6, 6.07) is 2.02. The molecule has 1 aromatic rings. The van der Waals surface area contributed by atoms with Crippen LogP contribution in [0.5, 0.6) is 0 Å². The second-order valence-corrected chi connectivity index (χ2v) is 5.70. The molecular formula is C15H18F3N5O. The number of nitriles is 1. The maximum Gasteiger partial charge on any atom is 0.394 e. The number of carbonyl (C=O) groups is 1. The van der Waals surface area contributed by atoms with E-state index in [-0.39, 0.29) is 17.9 Å². The standard InChI is InChI=1S/C15H18F3N5O/c1-3-8-9(5-19)14(22-21-12(8)4-2)23-6-10(13(20)24)11(7-23)15(16,17)18/h10-11H,3-4,6-7H2,1-2H3,(H2,20,24)/t10-,11-/m1/s1. The molecule has 2 heterocycles. The molecule has 130 valence electrons. The van der Waals surface area contributed by atoms with E-state index in [0.29, 0.717) is 24.1 Å². The third-order valence-corrected chi connectivity index (χ3v) is 4.34. The summed E-state index contributed by atoms with van der Waals surface area (Å²) in [5, 5.41) is 17.4. The number of nitrogens with zero attached hydrogens (tertiary/aromatic N) is 4. The number of nitrogens with two attached hydrogens (primary N) is 1. The van der Waals surface area contributed by atoms with Gasteiger partial charge < -0.3 is 10.6 Å². The van der Waals surface area contributed by atoms with Gasteiger partial charge in [-0.15, -0.1) is 5.10 Å². The summed E-state index contributed by atoms with van der Waals surface area (Å²) in [6.07, 6.45) is -3.46. The highest BCUT2D eigenvalue weighted by atomic mass is 19.4. The monoisotopic (exact) mass is 341 g/mol. The van der Waals surface area contributed by atoms with Crippen molar-refractivity contribution in [3.05, 3.63) is 16.8 Å². The van der Waals surface area contributed by atoms with Crippen LogP contribution in [0.15, 0.2) is 0 Å². The molecule has 0 aliphatic carbocycles. The van der Waals surface area contributed by atoms with Gasteiger partial charge in [-0.3, -0.25) is 4.79 Å². The van der Waals surface area contributed by atoms with Crippen LogP contribution in [0.3, 0.4) is 0 Å². The third-order valence-electron chi connectivity index (χ3n) is 4.34. The minimum Gasteiger partial charge on any atom is -0.369 e. The maximum absolute atomic E-state index is 13.2. The van der Waals surface area contributed by atoms with Crippen LogP contribution < -0.4 is 10.6 Å². The molecule has 6 nitrogen and oxygen atoms in total. The highest BCUT2D eigenvalue weighted by molar-refractivity contribution is 5.79. The van der Waals surface area contributed by atoms with Gasteiger partial charge in [-0.05, 0) is 18.4 Å². The fourth-order valence-electron chi connectivity index (χ4n) is 3.10. The normalized spacial score (nSPS) is 20.9. The number of rotatable bonds is 4. The van der Waals surface area contributed by atoms with Crippen molar-refractivity contribution in [2.75, 3.05) is 18.0 Å². The lowest BCUT2D eigenvalue weighted by molar-refractivity contribution is -0.181. The Hall–Kier alpha value is -2.37. The molecule has 2 atom stereocenters. The van der Waals surface area contributed by atoms with Gasteiger partial charge in [0, 0.05) is 13.1 Å². The van der Waals surface area contributed by atoms with Gasteiger partial charge in [0.25, 0.3) is 0 Å². The topological polar surface area (TPSA) is 95.9 Å². The predicted octanol–water partition coefficient (Wildman–Crippen LogP) is 1.57. The Balaban J connectivity index is 2.47. The van der Waals surface area contributed by atoms with Crippen molar-refractivity contribution in [3.8, 4) is 6.07 Å². The molecule has 1 fully saturated rings. The Labute approximate surface area is 137 Å². The number of halogens is 3. The fourth-order valence-corrected chi connectivity index (χ4v) is 3.10. The van der Waals surface area contributed by atoms with Gasteiger partial charge in [-0.1, -0.05) is 13.8 Å². The number of amides is 1. The Bertz CT molecular complexity index is 683. The average molecular weight is 341 g/mol. The molecule has 0 saturated carbocycles. The first-order valence-corrected chi connectivity index (χ1v) is 7.64. The maximum atomic E-state index is 13.2. The third kappa shape index (κ3) is 3.13. The lowest BCUT2D eigenvalue weighted by Gasteiger charge is -2.20. The Morgan fingerprint density at radius 1 is 1.33 bits per heavy atom. The lowest BCUT2D eigenvalue weighted by atomic mass is 9.95. The number of hydrogen-bond acceptors (Lipinski definition) is 5. The van der Waals surface area contributed by atoms with Gasteiger partial charge in [0.1, 0.15) is 11.6 Å². The largest absolute Gasteiger partial charge is 0.394 e. The van der Waals surface area contributed by atoms with Gasteiger partial charge in [0.05, 0.1) is 17.5 Å².